The van der Waals surface area contributed by atoms with Crippen LogP contribution in [0.2, 0.25) is 0 Å². The number of hydrogen-bond acceptors (Lipinski definition) is 6. The smallest absolute Gasteiger partial charge is 0.184 e. The minimum atomic E-state index is -3.32. The molecule has 5 rings (SSSR count). The molecule has 3 heterocycles. The molecule has 0 spiro atoms. The summed E-state index contributed by atoms with van der Waals surface area (Å²) >= 11 is 0. The van der Waals surface area contributed by atoms with Crippen molar-refractivity contribution in [1.82, 2.24) is 14.1 Å². The number of rotatable bonds is 7. The largest absolute Gasteiger partial charge is 0.486 e. The van der Waals surface area contributed by atoms with E-state index in [1.54, 1.807) is 4.57 Å². The van der Waals surface area contributed by atoms with E-state index in [4.69, 9.17) is 9.47 Å². The zero-order valence-electron chi connectivity index (χ0n) is 19.9. The second-order valence-corrected chi connectivity index (χ2v) is 11.1. The van der Waals surface area contributed by atoms with Gasteiger partial charge in [0.1, 0.15) is 18.2 Å². The fraction of sp³-hybridized carbons (Fsp3) is 0.308. The quantitative estimate of drug-likeness (QED) is 0.365. The first kappa shape index (κ1) is 23.2. The van der Waals surface area contributed by atoms with Gasteiger partial charge < -0.3 is 18.6 Å². The highest BCUT2D eigenvalue weighted by Crippen LogP contribution is 2.31. The third-order valence-corrected chi connectivity index (χ3v) is 7.04. The maximum atomic E-state index is 13.4. The highest BCUT2D eigenvalue weighted by atomic mass is 32.2. The lowest BCUT2D eigenvalue weighted by Crippen LogP contribution is -2.33. The lowest BCUT2D eigenvalue weighted by atomic mass is 10.1. The van der Waals surface area contributed by atoms with E-state index in [9.17, 15) is 13.2 Å². The minimum absolute atomic E-state index is 0.00603. The number of ether oxygens (including phenoxy) is 2. The van der Waals surface area contributed by atoms with Crippen molar-refractivity contribution in [3.63, 3.8) is 0 Å². The van der Waals surface area contributed by atoms with Gasteiger partial charge in [-0.1, -0.05) is 24.3 Å². The Morgan fingerprint density at radius 3 is 2.54 bits per heavy atom. The number of sulfone groups is 1. The fourth-order valence-corrected chi connectivity index (χ4v) is 5.29. The summed E-state index contributed by atoms with van der Waals surface area (Å²) < 4.78 is 39.7. The summed E-state index contributed by atoms with van der Waals surface area (Å²) in [6.45, 7) is 4.86. The van der Waals surface area contributed by atoms with Gasteiger partial charge in [-0.15, -0.1) is 0 Å². The Morgan fingerprint density at radius 2 is 1.77 bits per heavy atom. The molecule has 0 radical (unpaired) electrons. The van der Waals surface area contributed by atoms with Gasteiger partial charge >= 0.3 is 0 Å². The molecular formula is C26H27N3O5S. The molecule has 9 heteroatoms. The predicted octanol–water partition coefficient (Wildman–Crippen LogP) is 3.72. The van der Waals surface area contributed by atoms with Crippen molar-refractivity contribution in [3.8, 4) is 11.5 Å². The summed E-state index contributed by atoms with van der Waals surface area (Å²) in [6, 6.07) is 16.8. The third kappa shape index (κ3) is 4.68. The van der Waals surface area contributed by atoms with Crippen molar-refractivity contribution in [2.24, 2.45) is 0 Å². The Balaban J connectivity index is 1.40. The Kier molecular flexibility index (Phi) is 5.88. The van der Waals surface area contributed by atoms with Crippen LogP contribution < -0.4 is 9.47 Å². The molecule has 2 aromatic carbocycles. The van der Waals surface area contributed by atoms with Gasteiger partial charge in [-0.25, -0.2) is 13.4 Å². The molecule has 8 nitrogen and oxygen atoms in total. The monoisotopic (exact) mass is 493 g/mol. The van der Waals surface area contributed by atoms with E-state index in [1.165, 1.54) is 6.26 Å². The maximum absolute atomic E-state index is 13.4. The van der Waals surface area contributed by atoms with Crippen LogP contribution >= 0.6 is 0 Å². The number of imidazole rings is 1. The molecule has 182 valence electrons. The van der Waals surface area contributed by atoms with Crippen molar-refractivity contribution in [2.45, 2.75) is 38.8 Å². The summed E-state index contributed by atoms with van der Waals surface area (Å²) in [6.07, 6.45) is 0.985. The average Bonchev–Trinajstić information content (AvgIpc) is 3.29. The number of nitrogens with zero attached hydrogens (tertiary/aromatic N) is 3. The first-order valence-corrected chi connectivity index (χ1v) is 13.5. The standard InChI is InChI=1S/C26H27N3O5S/c1-17-12-20(18(2)28(17)13-19-15-33-24-10-6-7-11-25(24)34-19)23(30)14-29-22-9-5-4-8-21(22)27-26(29)16-35(3,31)32/h4-12,19H,13-16H2,1-3H3/t19-/m0/s1. The van der Waals surface area contributed by atoms with Gasteiger partial charge in [-0.2, -0.15) is 0 Å². The van der Waals surface area contributed by atoms with E-state index in [0.717, 1.165) is 22.7 Å². The van der Waals surface area contributed by atoms with Gasteiger partial charge in [0.2, 0.25) is 0 Å². The van der Waals surface area contributed by atoms with Crippen molar-refractivity contribution in [3.05, 3.63) is 77.4 Å². The molecule has 0 fully saturated rings. The van der Waals surface area contributed by atoms with Gasteiger partial charge in [0.05, 0.1) is 24.1 Å². The highest BCUT2D eigenvalue weighted by molar-refractivity contribution is 7.89. The van der Waals surface area contributed by atoms with Crippen LogP contribution in [0.1, 0.15) is 27.6 Å². The first-order valence-electron chi connectivity index (χ1n) is 11.4. The van der Waals surface area contributed by atoms with Crippen molar-refractivity contribution in [2.75, 3.05) is 12.9 Å². The molecule has 0 saturated carbocycles. The van der Waals surface area contributed by atoms with Crippen LogP contribution in [-0.2, 0) is 28.7 Å². The Labute approximate surface area is 204 Å². The van der Waals surface area contributed by atoms with Crippen LogP contribution in [0.15, 0.2) is 54.6 Å². The normalized spacial score (nSPS) is 15.5. The molecular weight excluding hydrogens is 466 g/mol. The van der Waals surface area contributed by atoms with E-state index in [1.807, 2.05) is 68.4 Å². The Morgan fingerprint density at radius 1 is 1.06 bits per heavy atom. The summed E-state index contributed by atoms with van der Waals surface area (Å²) in [5, 5.41) is 0. The van der Waals surface area contributed by atoms with E-state index < -0.39 is 9.84 Å². The van der Waals surface area contributed by atoms with Gasteiger partial charge in [0.15, 0.2) is 33.2 Å². The van der Waals surface area contributed by atoms with Crippen LogP contribution in [0.25, 0.3) is 11.0 Å². The molecule has 1 aliphatic heterocycles. The fourth-order valence-electron chi connectivity index (χ4n) is 4.60. The van der Waals surface area contributed by atoms with Crippen LogP contribution in [0.5, 0.6) is 11.5 Å². The number of para-hydroxylation sites is 4. The van der Waals surface area contributed by atoms with Crippen LogP contribution in [0.4, 0.5) is 0 Å². The molecule has 35 heavy (non-hydrogen) atoms. The zero-order chi connectivity index (χ0) is 24.7. The number of Topliss-reactive ketones (excluding diaryl/α,β-unsaturated/α-hetero) is 1. The SMILES string of the molecule is Cc1cc(C(=O)Cn2c(CS(C)(=O)=O)nc3ccccc32)c(C)n1C[C@H]1COc2ccccc2O1. The number of hydrogen-bond donors (Lipinski definition) is 0. The summed E-state index contributed by atoms with van der Waals surface area (Å²) in [5.41, 5.74) is 3.78. The summed E-state index contributed by atoms with van der Waals surface area (Å²) in [7, 11) is -3.32. The number of aromatic nitrogens is 3. The molecule has 4 aromatic rings. The second-order valence-electron chi connectivity index (χ2n) is 8.99. The summed E-state index contributed by atoms with van der Waals surface area (Å²) in [4.78, 5) is 17.9. The van der Waals surface area contributed by atoms with Crippen molar-refractivity contribution >= 4 is 26.7 Å². The highest BCUT2D eigenvalue weighted by Gasteiger charge is 2.25. The number of carbonyl (C=O) groups is 1. The molecule has 0 bridgehead atoms. The van der Waals surface area contributed by atoms with Gasteiger partial charge in [0, 0.05) is 23.2 Å². The van der Waals surface area contributed by atoms with Crippen molar-refractivity contribution in [1.29, 1.82) is 0 Å². The maximum Gasteiger partial charge on any atom is 0.184 e. The molecule has 0 saturated heterocycles. The first-order chi connectivity index (χ1) is 16.7. The van der Waals surface area contributed by atoms with Crippen molar-refractivity contribution < 1.29 is 22.7 Å². The van der Waals surface area contributed by atoms with Crippen LogP contribution in [0, 0.1) is 13.8 Å². The Bertz CT molecular complexity index is 1530. The molecule has 2 aromatic heterocycles. The minimum Gasteiger partial charge on any atom is -0.486 e. The molecule has 0 unspecified atom stereocenters. The lowest BCUT2D eigenvalue weighted by molar-refractivity contribution is 0.0777. The van der Waals surface area contributed by atoms with Gasteiger partial charge in [0.25, 0.3) is 0 Å². The van der Waals surface area contributed by atoms with E-state index in [0.29, 0.717) is 35.8 Å². The van der Waals surface area contributed by atoms with E-state index in [2.05, 4.69) is 9.55 Å². The number of fused-ring (bicyclic) bond motifs is 2. The topological polar surface area (TPSA) is 92.4 Å². The molecule has 0 aliphatic carbocycles. The van der Waals surface area contributed by atoms with E-state index >= 15 is 0 Å². The van der Waals surface area contributed by atoms with E-state index in [-0.39, 0.29) is 24.2 Å². The zero-order valence-corrected chi connectivity index (χ0v) is 20.7. The number of carbonyl (C=O) groups excluding carboxylic acids is 1. The molecule has 1 atom stereocenters. The third-order valence-electron chi connectivity index (χ3n) is 6.25. The average molecular weight is 494 g/mol. The predicted molar refractivity (Wildman–Crippen MR) is 133 cm³/mol. The molecule has 0 N–H and O–H groups in total. The van der Waals surface area contributed by atoms with Gasteiger partial charge in [-0.05, 0) is 44.2 Å². The van der Waals surface area contributed by atoms with Crippen LogP contribution in [0.3, 0.4) is 0 Å². The van der Waals surface area contributed by atoms with Crippen LogP contribution in [-0.4, -0.2) is 47.3 Å². The summed E-state index contributed by atoms with van der Waals surface area (Å²) in [5.74, 6) is 1.48. The lowest BCUT2D eigenvalue weighted by Gasteiger charge is -2.27. The second kappa shape index (κ2) is 8.88. The number of ketones is 1. The van der Waals surface area contributed by atoms with Gasteiger partial charge in [-0.3, -0.25) is 4.79 Å². The molecule has 0 amide bonds. The molecule has 1 aliphatic rings. The Hall–Kier alpha value is -3.59. The number of benzene rings is 2. The number of aryl methyl sites for hydroxylation is 1.